The van der Waals surface area contributed by atoms with Crippen molar-refractivity contribution < 1.29 is 14.0 Å². The van der Waals surface area contributed by atoms with Crippen LogP contribution in [-0.2, 0) is 11.3 Å². The number of para-hydroxylation sites is 1. The van der Waals surface area contributed by atoms with Crippen molar-refractivity contribution in [2.45, 2.75) is 52.4 Å². The van der Waals surface area contributed by atoms with E-state index in [1.807, 2.05) is 13.0 Å². The molecule has 25 heavy (non-hydrogen) atoms. The fraction of sp³-hybridized carbons (Fsp3) is 0.500. The number of alkyl halides is 1. The Morgan fingerprint density at radius 1 is 1.32 bits per heavy atom. The maximum absolute atomic E-state index is 14.0. The maximum atomic E-state index is 14.0. The second kappa shape index (κ2) is 8.09. The van der Waals surface area contributed by atoms with E-state index in [0.29, 0.717) is 17.3 Å². The summed E-state index contributed by atoms with van der Waals surface area (Å²) in [5.74, 6) is -1.23. The number of rotatable bonds is 8. The molecule has 0 saturated heterocycles. The number of fused-ring (bicyclic) bond motifs is 1. The standard InChI is InChI=1S/C18H25FN4O2/c1-4-7-12(19)10-23-14-9-6-5-8-13(14)16(22-23)18(25)21-15(11(2)3)17(20)24/h5-6,8-9,11-12,15H,4,7,10H2,1-3H3,(H2,20,24)(H,21,25)/t12-,15-/m0/s1. The van der Waals surface area contributed by atoms with E-state index in [2.05, 4.69) is 10.4 Å². The van der Waals surface area contributed by atoms with Crippen LogP contribution >= 0.6 is 0 Å². The molecule has 0 fully saturated rings. The first-order chi connectivity index (χ1) is 11.8. The van der Waals surface area contributed by atoms with Gasteiger partial charge in [-0.25, -0.2) is 4.39 Å². The highest BCUT2D eigenvalue weighted by Crippen LogP contribution is 2.20. The van der Waals surface area contributed by atoms with Gasteiger partial charge in [-0.2, -0.15) is 5.10 Å². The summed E-state index contributed by atoms with van der Waals surface area (Å²) in [6, 6.07) is 6.38. The molecule has 2 aromatic rings. The van der Waals surface area contributed by atoms with Crippen molar-refractivity contribution in [3.05, 3.63) is 30.0 Å². The van der Waals surface area contributed by atoms with Crippen LogP contribution in [0.3, 0.4) is 0 Å². The van der Waals surface area contributed by atoms with E-state index in [0.717, 1.165) is 6.42 Å². The minimum Gasteiger partial charge on any atom is -0.368 e. The number of nitrogens with two attached hydrogens (primary N) is 1. The zero-order chi connectivity index (χ0) is 18.6. The van der Waals surface area contributed by atoms with E-state index in [1.165, 1.54) is 4.68 Å². The fourth-order valence-corrected chi connectivity index (χ4v) is 2.80. The van der Waals surface area contributed by atoms with Gasteiger partial charge in [0.25, 0.3) is 5.91 Å². The van der Waals surface area contributed by atoms with Gasteiger partial charge in [0.1, 0.15) is 12.2 Å². The zero-order valence-electron chi connectivity index (χ0n) is 14.8. The lowest BCUT2D eigenvalue weighted by molar-refractivity contribution is -0.120. The summed E-state index contributed by atoms with van der Waals surface area (Å²) in [5, 5.41) is 7.55. The summed E-state index contributed by atoms with van der Waals surface area (Å²) in [7, 11) is 0. The van der Waals surface area contributed by atoms with Gasteiger partial charge in [0.15, 0.2) is 5.69 Å². The Hall–Kier alpha value is -2.44. The van der Waals surface area contributed by atoms with Crippen LogP contribution in [0, 0.1) is 5.92 Å². The van der Waals surface area contributed by atoms with Gasteiger partial charge in [0, 0.05) is 5.39 Å². The Balaban J connectivity index is 2.34. The summed E-state index contributed by atoms with van der Waals surface area (Å²) in [6.45, 7) is 5.60. The van der Waals surface area contributed by atoms with Gasteiger partial charge in [-0.05, 0) is 18.4 Å². The quantitative estimate of drug-likeness (QED) is 0.767. The third-order valence-corrected chi connectivity index (χ3v) is 4.11. The molecule has 1 aromatic carbocycles. The molecule has 1 aromatic heterocycles. The lowest BCUT2D eigenvalue weighted by atomic mass is 10.0. The van der Waals surface area contributed by atoms with E-state index in [9.17, 15) is 14.0 Å². The van der Waals surface area contributed by atoms with Crippen molar-refractivity contribution in [1.29, 1.82) is 0 Å². The minimum atomic E-state index is -1.03. The lowest BCUT2D eigenvalue weighted by Gasteiger charge is -2.18. The molecule has 1 heterocycles. The maximum Gasteiger partial charge on any atom is 0.273 e. The number of primary amides is 1. The number of hydrogen-bond acceptors (Lipinski definition) is 3. The van der Waals surface area contributed by atoms with Crippen LogP contribution in [0.25, 0.3) is 10.9 Å². The van der Waals surface area contributed by atoms with Crippen LogP contribution in [0.2, 0.25) is 0 Å². The largest absolute Gasteiger partial charge is 0.368 e. The van der Waals surface area contributed by atoms with Crippen LogP contribution < -0.4 is 11.1 Å². The average molecular weight is 348 g/mol. The Morgan fingerprint density at radius 2 is 2.00 bits per heavy atom. The second-order valence-corrected chi connectivity index (χ2v) is 6.53. The number of carbonyl (C=O) groups excluding carboxylic acids is 2. The summed E-state index contributed by atoms with van der Waals surface area (Å²) >= 11 is 0. The summed E-state index contributed by atoms with van der Waals surface area (Å²) in [5.41, 5.74) is 6.21. The van der Waals surface area contributed by atoms with Crippen LogP contribution in [0.4, 0.5) is 4.39 Å². The van der Waals surface area contributed by atoms with Crippen molar-refractivity contribution in [3.63, 3.8) is 0 Å². The van der Waals surface area contributed by atoms with Gasteiger partial charge in [-0.1, -0.05) is 45.4 Å². The van der Waals surface area contributed by atoms with Crippen LogP contribution in [-0.4, -0.2) is 33.8 Å². The molecule has 0 aliphatic rings. The molecule has 3 N–H and O–H groups in total. The molecule has 2 amide bonds. The summed E-state index contributed by atoms with van der Waals surface area (Å²) in [6.07, 6.45) is 0.146. The number of carbonyl (C=O) groups is 2. The fourth-order valence-electron chi connectivity index (χ4n) is 2.80. The molecule has 0 spiro atoms. The van der Waals surface area contributed by atoms with Gasteiger partial charge in [-0.15, -0.1) is 0 Å². The highest BCUT2D eigenvalue weighted by molar-refractivity contribution is 6.06. The predicted octanol–water partition coefficient (Wildman–Crippen LogP) is 2.41. The lowest BCUT2D eigenvalue weighted by Crippen LogP contribution is -2.47. The molecule has 0 aliphatic carbocycles. The number of nitrogens with one attached hydrogen (secondary N) is 1. The molecule has 0 unspecified atom stereocenters. The highest BCUT2D eigenvalue weighted by Gasteiger charge is 2.25. The number of benzene rings is 1. The summed E-state index contributed by atoms with van der Waals surface area (Å²) in [4.78, 5) is 24.1. The number of hydrogen-bond donors (Lipinski definition) is 2. The molecule has 0 aliphatic heterocycles. The topological polar surface area (TPSA) is 90.0 Å². The Morgan fingerprint density at radius 3 is 2.60 bits per heavy atom. The van der Waals surface area contributed by atoms with Gasteiger partial charge in [-0.3, -0.25) is 14.3 Å². The van der Waals surface area contributed by atoms with Gasteiger partial charge in [0.2, 0.25) is 5.91 Å². The zero-order valence-corrected chi connectivity index (χ0v) is 14.8. The monoisotopic (exact) mass is 348 g/mol. The molecular weight excluding hydrogens is 323 g/mol. The third-order valence-electron chi connectivity index (χ3n) is 4.11. The van der Waals surface area contributed by atoms with Crippen molar-refractivity contribution in [2.24, 2.45) is 11.7 Å². The van der Waals surface area contributed by atoms with Crippen molar-refractivity contribution in [1.82, 2.24) is 15.1 Å². The van der Waals surface area contributed by atoms with E-state index in [4.69, 9.17) is 5.73 Å². The minimum absolute atomic E-state index is 0.0884. The van der Waals surface area contributed by atoms with Crippen LogP contribution in [0.5, 0.6) is 0 Å². The number of aromatic nitrogens is 2. The number of halogens is 1. The number of nitrogens with zero attached hydrogens (tertiary/aromatic N) is 2. The van der Waals surface area contributed by atoms with Crippen molar-refractivity contribution in [2.75, 3.05) is 0 Å². The Kier molecular flexibility index (Phi) is 6.12. The smallest absolute Gasteiger partial charge is 0.273 e. The van der Waals surface area contributed by atoms with E-state index in [1.54, 1.807) is 32.0 Å². The molecule has 6 nitrogen and oxygen atoms in total. The molecule has 0 saturated carbocycles. The van der Waals surface area contributed by atoms with E-state index < -0.39 is 24.0 Å². The van der Waals surface area contributed by atoms with E-state index in [-0.39, 0.29) is 18.2 Å². The first-order valence-electron chi connectivity index (χ1n) is 8.54. The van der Waals surface area contributed by atoms with Gasteiger partial charge >= 0.3 is 0 Å². The molecule has 0 bridgehead atoms. The molecule has 7 heteroatoms. The average Bonchev–Trinajstić information content (AvgIpc) is 2.91. The van der Waals surface area contributed by atoms with Crippen LogP contribution in [0.15, 0.2) is 24.3 Å². The summed E-state index contributed by atoms with van der Waals surface area (Å²) < 4.78 is 15.5. The van der Waals surface area contributed by atoms with Gasteiger partial charge in [0.05, 0.1) is 12.1 Å². The second-order valence-electron chi connectivity index (χ2n) is 6.53. The first-order valence-corrected chi connectivity index (χ1v) is 8.54. The van der Waals surface area contributed by atoms with Gasteiger partial charge < -0.3 is 11.1 Å². The number of amides is 2. The first kappa shape index (κ1) is 18.9. The molecular formula is C18H25FN4O2. The SMILES string of the molecule is CCC[C@H](F)Cn1nc(C(=O)N[C@H](C(N)=O)C(C)C)c2ccccc21. The van der Waals surface area contributed by atoms with Crippen molar-refractivity contribution in [3.8, 4) is 0 Å². The molecule has 0 radical (unpaired) electrons. The normalized spacial score (nSPS) is 13.8. The van der Waals surface area contributed by atoms with E-state index >= 15 is 0 Å². The highest BCUT2D eigenvalue weighted by atomic mass is 19.1. The Labute approximate surface area is 146 Å². The molecule has 2 rings (SSSR count). The molecule has 136 valence electrons. The third kappa shape index (κ3) is 4.35. The molecule has 2 atom stereocenters. The van der Waals surface area contributed by atoms with Crippen molar-refractivity contribution >= 4 is 22.7 Å². The Bertz CT molecular complexity index is 757. The van der Waals surface area contributed by atoms with Crippen LogP contribution in [0.1, 0.15) is 44.1 Å². The predicted molar refractivity (Wildman–Crippen MR) is 94.8 cm³/mol.